The van der Waals surface area contributed by atoms with Gasteiger partial charge in [0.2, 0.25) is 10.0 Å². The number of amidine groups is 1. The molecule has 2 heterocycles. The van der Waals surface area contributed by atoms with E-state index in [2.05, 4.69) is 14.4 Å². The Bertz CT molecular complexity index is 1640. The second kappa shape index (κ2) is 10.2. The molecular formula is C25H24FKN4O6S2. The van der Waals surface area contributed by atoms with Crippen molar-refractivity contribution in [1.82, 2.24) is 4.90 Å². The van der Waals surface area contributed by atoms with E-state index in [0.717, 1.165) is 31.6 Å². The molecule has 39 heavy (non-hydrogen) atoms. The molecule has 1 amide bonds. The maximum Gasteiger partial charge on any atom is 1.00 e. The van der Waals surface area contributed by atoms with Gasteiger partial charge < -0.3 is 15.3 Å². The summed E-state index contributed by atoms with van der Waals surface area (Å²) in [6.07, 6.45) is 3.53. The molecule has 0 saturated heterocycles. The number of amides is 1. The van der Waals surface area contributed by atoms with Crippen molar-refractivity contribution < 1.29 is 82.5 Å². The van der Waals surface area contributed by atoms with Crippen LogP contribution in [-0.4, -0.2) is 45.8 Å². The zero-order valence-corrected chi connectivity index (χ0v) is 26.0. The third-order valence-corrected chi connectivity index (χ3v) is 9.71. The molecule has 4 atom stereocenters. The second-order valence-electron chi connectivity index (χ2n) is 10.3. The minimum Gasteiger partial charge on any atom is -0.875 e. The van der Waals surface area contributed by atoms with Gasteiger partial charge in [-0.05, 0) is 72.9 Å². The SMILES string of the molecule is CS(=O)(=O)Nc1ccc2c(c1)S(=O)(=O)N=C(C1=C([O-])[C@@H]3[C@H]4CC[C@@H](C4)[C@@H]3N(Cc3ccc(F)cc3)C1=O)N2.[K+]. The number of halogens is 1. The molecule has 200 valence electrons. The Kier molecular flexibility index (Phi) is 7.53. The third kappa shape index (κ3) is 5.20. The largest absolute Gasteiger partial charge is 1.00 e. The van der Waals surface area contributed by atoms with Gasteiger partial charge in [-0.1, -0.05) is 12.1 Å². The van der Waals surface area contributed by atoms with Crippen LogP contribution in [0.15, 0.2) is 63.1 Å². The average molecular weight is 599 g/mol. The van der Waals surface area contributed by atoms with Gasteiger partial charge in [-0.3, -0.25) is 9.52 Å². The number of anilines is 2. The van der Waals surface area contributed by atoms with Crippen LogP contribution in [0.2, 0.25) is 0 Å². The molecule has 0 aromatic heterocycles. The minimum absolute atomic E-state index is 0. The number of carbonyl (C=O) groups excluding carboxylic acids is 1. The van der Waals surface area contributed by atoms with Gasteiger partial charge in [0, 0.05) is 18.3 Å². The van der Waals surface area contributed by atoms with E-state index in [1.54, 1.807) is 17.0 Å². The fourth-order valence-corrected chi connectivity index (χ4v) is 8.06. The van der Waals surface area contributed by atoms with Crippen LogP contribution in [0.4, 0.5) is 15.8 Å². The first-order valence-electron chi connectivity index (χ1n) is 12.1. The van der Waals surface area contributed by atoms with Gasteiger partial charge in [0.15, 0.2) is 5.84 Å². The summed E-state index contributed by atoms with van der Waals surface area (Å²) in [5.74, 6) is -1.98. The molecular weight excluding hydrogens is 575 g/mol. The predicted molar refractivity (Wildman–Crippen MR) is 135 cm³/mol. The molecule has 2 aromatic rings. The van der Waals surface area contributed by atoms with Crippen molar-refractivity contribution in [2.75, 3.05) is 16.3 Å². The maximum absolute atomic E-state index is 13.9. The van der Waals surface area contributed by atoms with Gasteiger partial charge in [0.05, 0.1) is 17.5 Å². The molecule has 0 unspecified atom stereocenters. The smallest absolute Gasteiger partial charge is 0.875 e. The summed E-state index contributed by atoms with van der Waals surface area (Å²) < 4.78 is 68.9. The van der Waals surface area contributed by atoms with Crippen molar-refractivity contribution in [3.05, 3.63) is 65.2 Å². The summed E-state index contributed by atoms with van der Waals surface area (Å²) in [4.78, 5) is 15.2. The van der Waals surface area contributed by atoms with Crippen molar-refractivity contribution in [3.63, 3.8) is 0 Å². The van der Waals surface area contributed by atoms with Gasteiger partial charge in [0.1, 0.15) is 10.7 Å². The van der Waals surface area contributed by atoms with E-state index in [-0.39, 0.29) is 103 Å². The first kappa shape index (κ1) is 28.7. The Hall–Kier alpha value is -1.81. The van der Waals surface area contributed by atoms with Crippen molar-refractivity contribution >= 4 is 43.2 Å². The second-order valence-corrected chi connectivity index (χ2v) is 13.6. The number of fused-ring (bicyclic) bond motifs is 6. The summed E-state index contributed by atoms with van der Waals surface area (Å²) in [7, 11) is -8.03. The molecule has 6 rings (SSSR count). The monoisotopic (exact) mass is 598 g/mol. The molecule has 10 nitrogen and oxygen atoms in total. The van der Waals surface area contributed by atoms with Gasteiger partial charge in [-0.25, -0.2) is 12.8 Å². The summed E-state index contributed by atoms with van der Waals surface area (Å²) in [6.45, 7) is 0.150. The number of nitrogens with one attached hydrogen (secondary N) is 2. The minimum atomic E-state index is -4.37. The molecule has 0 spiro atoms. The van der Waals surface area contributed by atoms with E-state index in [0.29, 0.717) is 5.56 Å². The number of rotatable bonds is 5. The first-order valence-corrected chi connectivity index (χ1v) is 15.5. The maximum atomic E-state index is 13.9. The number of carbonyl (C=O) groups is 1. The molecule has 2 aliphatic carbocycles. The molecule has 2 aliphatic heterocycles. The first-order chi connectivity index (χ1) is 17.9. The molecule has 2 aromatic carbocycles. The van der Waals surface area contributed by atoms with Gasteiger partial charge in [0.25, 0.3) is 15.9 Å². The summed E-state index contributed by atoms with van der Waals surface area (Å²) in [5, 5.41) is 16.6. The number of nitrogens with zero attached hydrogens (tertiary/aromatic N) is 2. The third-order valence-electron chi connectivity index (χ3n) is 7.79. The number of sulfonamides is 2. The van der Waals surface area contributed by atoms with Gasteiger partial charge in [-0.15, -0.1) is 10.2 Å². The van der Waals surface area contributed by atoms with Gasteiger partial charge in [-0.2, -0.15) is 8.42 Å². The van der Waals surface area contributed by atoms with Crippen LogP contribution in [-0.2, 0) is 31.4 Å². The van der Waals surface area contributed by atoms with Crippen molar-refractivity contribution in [2.45, 2.75) is 36.7 Å². The van der Waals surface area contributed by atoms with E-state index in [9.17, 15) is 31.1 Å². The number of benzene rings is 2. The van der Waals surface area contributed by atoms with E-state index < -0.39 is 43.4 Å². The van der Waals surface area contributed by atoms with Crippen LogP contribution < -0.4 is 66.5 Å². The molecule has 2 bridgehead atoms. The Morgan fingerprint density at radius 2 is 1.85 bits per heavy atom. The van der Waals surface area contributed by atoms with Crippen molar-refractivity contribution in [3.8, 4) is 0 Å². The zero-order valence-electron chi connectivity index (χ0n) is 21.2. The van der Waals surface area contributed by atoms with Gasteiger partial charge >= 0.3 is 51.4 Å². The van der Waals surface area contributed by atoms with Crippen LogP contribution >= 0.6 is 0 Å². The average Bonchev–Trinajstić information content (AvgIpc) is 3.45. The standard InChI is InChI=1S/C25H25FN4O6S2.K/c1-37(33,34)28-17-8-9-18-19(11-17)38(35,36)29-24(27-18)21-23(31)20-14-4-5-15(10-14)22(20)30(25(21)32)12-13-2-6-16(26)7-3-13;/h2-3,6-9,11,14-15,20,22,28,31H,4-5,10,12H2,1H3,(H,27,29);/q;+1/p-1/t14-,15-,20+,22-;/m0./s1. The molecule has 2 N–H and O–H groups in total. The number of hydrogen-bond donors (Lipinski definition) is 2. The fourth-order valence-electron chi connectivity index (χ4n) is 6.36. The van der Waals surface area contributed by atoms with Crippen LogP contribution in [0, 0.1) is 23.6 Å². The Labute approximate surface area is 268 Å². The molecule has 2 saturated carbocycles. The Balaban J connectivity index is 0.00000308. The molecule has 2 fully saturated rings. The molecule has 4 aliphatic rings. The van der Waals surface area contributed by atoms with E-state index >= 15 is 0 Å². The molecule has 14 heteroatoms. The van der Waals surface area contributed by atoms with Crippen LogP contribution in [0.25, 0.3) is 0 Å². The van der Waals surface area contributed by atoms with Crippen LogP contribution in [0.1, 0.15) is 24.8 Å². The van der Waals surface area contributed by atoms with Crippen molar-refractivity contribution in [1.29, 1.82) is 0 Å². The zero-order chi connectivity index (χ0) is 27.0. The van der Waals surface area contributed by atoms with E-state index in [1.165, 1.54) is 24.3 Å². The topological polar surface area (TPSA) is 148 Å². The Morgan fingerprint density at radius 3 is 2.54 bits per heavy atom. The Morgan fingerprint density at radius 1 is 1.15 bits per heavy atom. The predicted octanol–water partition coefficient (Wildman–Crippen LogP) is -1.21. The number of hydrogen-bond acceptors (Lipinski definition) is 7. The van der Waals surface area contributed by atoms with E-state index in [1.807, 2.05) is 0 Å². The normalized spacial score (nSPS) is 26.8. The quantitative estimate of drug-likeness (QED) is 0.410. The van der Waals surface area contributed by atoms with E-state index in [4.69, 9.17) is 0 Å². The molecule has 0 radical (unpaired) electrons. The van der Waals surface area contributed by atoms with Crippen molar-refractivity contribution in [2.24, 2.45) is 22.2 Å². The summed E-state index contributed by atoms with van der Waals surface area (Å²) >= 11 is 0. The fraction of sp³-hybridized carbons (Fsp3) is 0.360. The summed E-state index contributed by atoms with van der Waals surface area (Å²) in [6, 6.07) is 9.32. The summed E-state index contributed by atoms with van der Waals surface area (Å²) in [5.41, 5.74) is 0.483. The van der Waals surface area contributed by atoms with Crippen LogP contribution in [0.5, 0.6) is 0 Å². The van der Waals surface area contributed by atoms with Crippen LogP contribution in [0.3, 0.4) is 0 Å².